The molecule has 2 rings (SSSR count). The van der Waals surface area contributed by atoms with Crippen molar-refractivity contribution in [2.75, 3.05) is 0 Å². The van der Waals surface area contributed by atoms with E-state index in [1.807, 2.05) is 13.0 Å². The maximum absolute atomic E-state index is 13.0. The SMILES string of the molecule is Cc1cc2c(C)coc2cc1F. The maximum atomic E-state index is 13.0. The van der Waals surface area contributed by atoms with E-state index in [0.717, 1.165) is 10.9 Å². The Morgan fingerprint density at radius 1 is 1.17 bits per heavy atom. The Bertz CT molecular complexity index is 429. The van der Waals surface area contributed by atoms with Crippen molar-refractivity contribution in [2.24, 2.45) is 0 Å². The third-order valence-corrected chi connectivity index (χ3v) is 2.05. The normalized spacial score (nSPS) is 10.9. The highest BCUT2D eigenvalue weighted by Crippen LogP contribution is 2.23. The zero-order valence-electron chi connectivity index (χ0n) is 7.02. The van der Waals surface area contributed by atoms with Gasteiger partial charge in [-0.2, -0.15) is 0 Å². The highest BCUT2D eigenvalue weighted by atomic mass is 19.1. The van der Waals surface area contributed by atoms with Gasteiger partial charge in [-0.05, 0) is 31.0 Å². The van der Waals surface area contributed by atoms with Gasteiger partial charge in [0.2, 0.25) is 0 Å². The number of aryl methyl sites for hydroxylation is 2. The first-order valence-corrected chi connectivity index (χ1v) is 3.82. The molecule has 2 heteroatoms. The first-order chi connectivity index (χ1) is 5.68. The number of fused-ring (bicyclic) bond motifs is 1. The molecule has 1 aromatic carbocycles. The van der Waals surface area contributed by atoms with Crippen molar-refractivity contribution in [3.63, 3.8) is 0 Å². The summed E-state index contributed by atoms with van der Waals surface area (Å²) in [4.78, 5) is 0. The van der Waals surface area contributed by atoms with Crippen LogP contribution in [0, 0.1) is 19.7 Å². The van der Waals surface area contributed by atoms with Crippen molar-refractivity contribution in [3.05, 3.63) is 35.3 Å². The van der Waals surface area contributed by atoms with Crippen LogP contribution >= 0.6 is 0 Å². The summed E-state index contributed by atoms with van der Waals surface area (Å²) in [6, 6.07) is 3.24. The summed E-state index contributed by atoms with van der Waals surface area (Å²) in [6.07, 6.45) is 1.64. The molecule has 2 aromatic rings. The molecule has 0 N–H and O–H groups in total. The minimum atomic E-state index is -0.211. The van der Waals surface area contributed by atoms with Crippen LogP contribution in [0.3, 0.4) is 0 Å². The molecule has 0 atom stereocenters. The van der Waals surface area contributed by atoms with Gasteiger partial charge in [-0.25, -0.2) is 4.39 Å². The maximum Gasteiger partial charge on any atom is 0.137 e. The molecule has 0 saturated heterocycles. The van der Waals surface area contributed by atoms with Gasteiger partial charge in [0.25, 0.3) is 0 Å². The number of halogens is 1. The van der Waals surface area contributed by atoms with E-state index >= 15 is 0 Å². The monoisotopic (exact) mass is 164 g/mol. The average molecular weight is 164 g/mol. The van der Waals surface area contributed by atoms with Crippen molar-refractivity contribution in [1.29, 1.82) is 0 Å². The smallest absolute Gasteiger partial charge is 0.137 e. The van der Waals surface area contributed by atoms with Crippen molar-refractivity contribution in [1.82, 2.24) is 0 Å². The Hall–Kier alpha value is -1.31. The lowest BCUT2D eigenvalue weighted by Gasteiger charge is -1.95. The number of hydrogen-bond donors (Lipinski definition) is 0. The predicted octanol–water partition coefficient (Wildman–Crippen LogP) is 3.19. The minimum Gasteiger partial charge on any atom is -0.464 e. The second kappa shape index (κ2) is 2.34. The van der Waals surface area contributed by atoms with Crippen LogP contribution in [0.2, 0.25) is 0 Å². The van der Waals surface area contributed by atoms with Crippen molar-refractivity contribution in [2.45, 2.75) is 13.8 Å². The van der Waals surface area contributed by atoms with Crippen molar-refractivity contribution >= 4 is 11.0 Å². The summed E-state index contributed by atoms with van der Waals surface area (Å²) in [5.74, 6) is -0.211. The molecule has 12 heavy (non-hydrogen) atoms. The largest absolute Gasteiger partial charge is 0.464 e. The van der Waals surface area contributed by atoms with Crippen LogP contribution in [0.4, 0.5) is 4.39 Å². The van der Waals surface area contributed by atoms with Gasteiger partial charge in [0.05, 0.1) is 6.26 Å². The predicted molar refractivity (Wildman–Crippen MR) is 45.6 cm³/mol. The van der Waals surface area contributed by atoms with Gasteiger partial charge in [-0.15, -0.1) is 0 Å². The summed E-state index contributed by atoms with van der Waals surface area (Å²) in [7, 11) is 0. The van der Waals surface area contributed by atoms with Gasteiger partial charge in [0.1, 0.15) is 11.4 Å². The topological polar surface area (TPSA) is 13.1 Å². The molecule has 1 aromatic heterocycles. The highest BCUT2D eigenvalue weighted by Gasteiger charge is 2.05. The molecule has 0 aliphatic rings. The summed E-state index contributed by atoms with van der Waals surface area (Å²) in [5, 5.41) is 0.994. The number of benzene rings is 1. The Balaban J connectivity index is 2.87. The average Bonchev–Trinajstić information content (AvgIpc) is 2.35. The third-order valence-electron chi connectivity index (χ3n) is 2.05. The zero-order valence-corrected chi connectivity index (χ0v) is 7.02. The van der Waals surface area contributed by atoms with Gasteiger partial charge in [0, 0.05) is 11.5 Å². The Morgan fingerprint density at radius 3 is 2.67 bits per heavy atom. The van der Waals surface area contributed by atoms with Crippen LogP contribution in [0.5, 0.6) is 0 Å². The van der Waals surface area contributed by atoms with Gasteiger partial charge in [-0.3, -0.25) is 0 Å². The summed E-state index contributed by atoms with van der Waals surface area (Å²) >= 11 is 0. The molecule has 0 saturated carbocycles. The molecule has 1 nitrogen and oxygen atoms in total. The van der Waals surface area contributed by atoms with Crippen LogP contribution in [-0.2, 0) is 0 Å². The minimum absolute atomic E-state index is 0.211. The van der Waals surface area contributed by atoms with Gasteiger partial charge in [0.15, 0.2) is 0 Å². The van der Waals surface area contributed by atoms with E-state index in [0.29, 0.717) is 11.1 Å². The molecule has 0 radical (unpaired) electrons. The standard InChI is InChI=1S/C10H9FO/c1-6-3-8-7(2)5-12-10(8)4-9(6)11/h3-5H,1-2H3. The fraction of sp³-hybridized carbons (Fsp3) is 0.200. The summed E-state index contributed by atoms with van der Waals surface area (Å²) < 4.78 is 18.1. The molecule has 0 amide bonds. The van der Waals surface area contributed by atoms with Crippen LogP contribution in [-0.4, -0.2) is 0 Å². The Morgan fingerprint density at radius 2 is 1.92 bits per heavy atom. The quantitative estimate of drug-likeness (QED) is 0.582. The van der Waals surface area contributed by atoms with Crippen LogP contribution < -0.4 is 0 Å². The fourth-order valence-corrected chi connectivity index (χ4v) is 1.28. The van der Waals surface area contributed by atoms with E-state index in [-0.39, 0.29) is 5.82 Å². The van der Waals surface area contributed by atoms with Gasteiger partial charge in [-0.1, -0.05) is 0 Å². The molecule has 0 fully saturated rings. The summed E-state index contributed by atoms with van der Waals surface area (Å²) in [5.41, 5.74) is 2.33. The lowest BCUT2D eigenvalue weighted by Crippen LogP contribution is -1.80. The lowest BCUT2D eigenvalue weighted by atomic mass is 10.1. The van der Waals surface area contributed by atoms with Crippen molar-refractivity contribution < 1.29 is 8.81 Å². The Kier molecular flexibility index (Phi) is 1.43. The molecule has 1 heterocycles. The Labute approximate surface area is 69.8 Å². The van der Waals surface area contributed by atoms with E-state index in [1.54, 1.807) is 13.2 Å². The molecule has 0 unspecified atom stereocenters. The van der Waals surface area contributed by atoms with E-state index in [2.05, 4.69) is 0 Å². The first-order valence-electron chi connectivity index (χ1n) is 3.82. The number of rotatable bonds is 0. The van der Waals surface area contributed by atoms with Crippen LogP contribution in [0.1, 0.15) is 11.1 Å². The molecule has 0 aliphatic carbocycles. The van der Waals surface area contributed by atoms with E-state index in [4.69, 9.17) is 4.42 Å². The highest BCUT2D eigenvalue weighted by molar-refractivity contribution is 5.81. The molecule has 0 spiro atoms. The molecule has 0 aliphatic heterocycles. The van der Waals surface area contributed by atoms with Crippen molar-refractivity contribution in [3.8, 4) is 0 Å². The summed E-state index contributed by atoms with van der Waals surface area (Å²) in [6.45, 7) is 3.70. The molecular weight excluding hydrogens is 155 g/mol. The van der Waals surface area contributed by atoms with Gasteiger partial charge >= 0.3 is 0 Å². The molecular formula is C10H9FO. The second-order valence-corrected chi connectivity index (χ2v) is 3.02. The van der Waals surface area contributed by atoms with E-state index < -0.39 is 0 Å². The van der Waals surface area contributed by atoms with Crippen LogP contribution in [0.15, 0.2) is 22.8 Å². The first kappa shape index (κ1) is 7.35. The molecule has 0 bridgehead atoms. The van der Waals surface area contributed by atoms with E-state index in [9.17, 15) is 4.39 Å². The zero-order chi connectivity index (χ0) is 8.72. The van der Waals surface area contributed by atoms with Crippen LogP contribution in [0.25, 0.3) is 11.0 Å². The van der Waals surface area contributed by atoms with E-state index in [1.165, 1.54) is 6.07 Å². The van der Waals surface area contributed by atoms with Gasteiger partial charge < -0.3 is 4.42 Å². The fourth-order valence-electron chi connectivity index (χ4n) is 1.28. The third kappa shape index (κ3) is 0.916. The second-order valence-electron chi connectivity index (χ2n) is 3.02. The number of furan rings is 1. The number of hydrogen-bond acceptors (Lipinski definition) is 1. The molecule has 62 valence electrons. The lowest BCUT2D eigenvalue weighted by molar-refractivity contribution is 0.593.